The minimum absolute atomic E-state index is 0.0999. The molecule has 1 aromatic carbocycles. The minimum Gasteiger partial charge on any atom is -0.505 e. The van der Waals surface area contributed by atoms with E-state index in [1.807, 2.05) is 45.0 Å². The number of esters is 1. The summed E-state index contributed by atoms with van der Waals surface area (Å²) in [5.41, 5.74) is 5.76. The summed E-state index contributed by atoms with van der Waals surface area (Å²) in [5, 5.41) is 11.1. The predicted molar refractivity (Wildman–Crippen MR) is 108 cm³/mol. The number of halogens is 1. The number of hydrogen-bond donors (Lipinski definition) is 1. The third kappa shape index (κ3) is 3.30. The molecular weight excluding hydrogens is 364 g/mol. The molecule has 0 spiro atoms. The zero-order valence-corrected chi connectivity index (χ0v) is 16.7. The molecule has 0 amide bonds. The van der Waals surface area contributed by atoms with Crippen LogP contribution in [0.3, 0.4) is 0 Å². The van der Waals surface area contributed by atoms with E-state index < -0.39 is 5.97 Å². The van der Waals surface area contributed by atoms with Crippen molar-refractivity contribution in [3.05, 3.63) is 68.8 Å². The van der Waals surface area contributed by atoms with Crippen molar-refractivity contribution in [3.8, 4) is 5.69 Å². The van der Waals surface area contributed by atoms with E-state index in [2.05, 4.69) is 9.56 Å². The summed E-state index contributed by atoms with van der Waals surface area (Å²) in [6.45, 7) is 7.62. The van der Waals surface area contributed by atoms with Gasteiger partial charge >= 0.3 is 5.97 Å². The van der Waals surface area contributed by atoms with Gasteiger partial charge in [0.2, 0.25) is 0 Å². The third-order valence-corrected chi connectivity index (χ3v) is 5.10. The van der Waals surface area contributed by atoms with Crippen molar-refractivity contribution in [2.24, 2.45) is 4.99 Å². The van der Waals surface area contributed by atoms with Crippen molar-refractivity contribution in [2.75, 3.05) is 7.11 Å². The topological polar surface area (TPSA) is 63.8 Å². The van der Waals surface area contributed by atoms with E-state index in [0.29, 0.717) is 16.4 Å². The molecule has 0 radical (unpaired) electrons. The summed E-state index contributed by atoms with van der Waals surface area (Å²) in [6, 6.07) is 7.93. The molecule has 2 aromatic rings. The SMILES string of the molecule is COC(=O)C1=C(O)C(=Cc2cc(C)n(-c3ccc(C)c(Cl)c3)c2C)N=C1C. The Morgan fingerprint density at radius 1 is 1.22 bits per heavy atom. The zero-order chi connectivity index (χ0) is 19.9. The number of aromatic nitrogens is 1. The second-order valence-electron chi connectivity index (χ2n) is 6.54. The number of ether oxygens (including phenoxy) is 1. The van der Waals surface area contributed by atoms with Gasteiger partial charge in [-0.15, -0.1) is 0 Å². The summed E-state index contributed by atoms with van der Waals surface area (Å²) in [6.07, 6.45) is 1.77. The Kier molecular flexibility index (Phi) is 4.98. The van der Waals surface area contributed by atoms with E-state index in [4.69, 9.17) is 16.3 Å². The average molecular weight is 385 g/mol. The van der Waals surface area contributed by atoms with E-state index in [0.717, 1.165) is 28.2 Å². The molecule has 0 aliphatic carbocycles. The van der Waals surface area contributed by atoms with Crippen LogP contribution in [0.5, 0.6) is 0 Å². The van der Waals surface area contributed by atoms with Gasteiger partial charge in [-0.3, -0.25) is 0 Å². The summed E-state index contributed by atoms with van der Waals surface area (Å²) in [7, 11) is 1.28. The Balaban J connectivity index is 2.08. The molecule has 3 rings (SSSR count). The predicted octanol–water partition coefficient (Wildman–Crippen LogP) is 4.86. The summed E-state index contributed by atoms with van der Waals surface area (Å²) >= 11 is 6.28. The number of carbonyl (C=O) groups is 1. The van der Waals surface area contributed by atoms with E-state index >= 15 is 0 Å². The van der Waals surface area contributed by atoms with Gasteiger partial charge in [0.05, 0.1) is 12.8 Å². The number of benzene rings is 1. The van der Waals surface area contributed by atoms with Gasteiger partial charge in [-0.1, -0.05) is 17.7 Å². The van der Waals surface area contributed by atoms with Gasteiger partial charge in [0.25, 0.3) is 0 Å². The number of nitrogens with zero attached hydrogens (tertiary/aromatic N) is 2. The van der Waals surface area contributed by atoms with Crippen LogP contribution in [0.25, 0.3) is 11.8 Å². The lowest BCUT2D eigenvalue weighted by Gasteiger charge is -2.11. The fraction of sp³-hybridized carbons (Fsp3) is 0.238. The normalized spacial score (nSPS) is 15.5. The van der Waals surface area contributed by atoms with E-state index in [1.165, 1.54) is 7.11 Å². The Morgan fingerprint density at radius 2 is 1.93 bits per heavy atom. The molecule has 1 aliphatic heterocycles. The molecule has 1 aromatic heterocycles. The average Bonchev–Trinajstić information content (AvgIpc) is 3.05. The van der Waals surface area contributed by atoms with Crippen LogP contribution < -0.4 is 0 Å². The number of rotatable bonds is 3. The maximum absolute atomic E-state index is 11.8. The quantitative estimate of drug-likeness (QED) is 0.769. The summed E-state index contributed by atoms with van der Waals surface area (Å²) in [4.78, 5) is 16.2. The fourth-order valence-corrected chi connectivity index (χ4v) is 3.41. The van der Waals surface area contributed by atoms with Crippen molar-refractivity contribution in [1.82, 2.24) is 4.57 Å². The highest BCUT2D eigenvalue weighted by Crippen LogP contribution is 2.30. The van der Waals surface area contributed by atoms with Crippen molar-refractivity contribution >= 4 is 29.4 Å². The number of aryl methyl sites for hydroxylation is 2. The van der Waals surface area contributed by atoms with Gasteiger partial charge < -0.3 is 14.4 Å². The van der Waals surface area contributed by atoms with Gasteiger partial charge in [0.15, 0.2) is 5.76 Å². The molecule has 0 bridgehead atoms. The van der Waals surface area contributed by atoms with Crippen LogP contribution in [0.15, 0.2) is 46.3 Å². The van der Waals surface area contributed by atoms with Crippen LogP contribution in [0, 0.1) is 20.8 Å². The number of aliphatic hydroxyl groups is 1. The third-order valence-electron chi connectivity index (χ3n) is 4.70. The molecule has 0 fully saturated rings. The Hall–Kier alpha value is -2.79. The van der Waals surface area contributed by atoms with Crippen molar-refractivity contribution in [2.45, 2.75) is 27.7 Å². The largest absolute Gasteiger partial charge is 0.505 e. The van der Waals surface area contributed by atoms with Crippen molar-refractivity contribution in [1.29, 1.82) is 0 Å². The molecule has 0 atom stereocenters. The van der Waals surface area contributed by atoms with Crippen LogP contribution in [0.2, 0.25) is 5.02 Å². The monoisotopic (exact) mass is 384 g/mol. The van der Waals surface area contributed by atoms with E-state index in [-0.39, 0.29) is 11.3 Å². The molecule has 2 heterocycles. The smallest absolute Gasteiger partial charge is 0.343 e. The highest BCUT2D eigenvalue weighted by Gasteiger charge is 2.27. The first-order valence-corrected chi connectivity index (χ1v) is 8.87. The minimum atomic E-state index is -0.600. The van der Waals surface area contributed by atoms with Crippen LogP contribution in [0.4, 0.5) is 0 Å². The molecule has 6 heteroatoms. The molecule has 1 N–H and O–H groups in total. The Morgan fingerprint density at radius 3 is 2.56 bits per heavy atom. The van der Waals surface area contributed by atoms with Gasteiger partial charge in [-0.2, -0.15) is 0 Å². The number of methoxy groups -OCH3 is 1. The lowest BCUT2D eigenvalue weighted by molar-refractivity contribution is -0.135. The molecule has 1 aliphatic rings. The molecule has 140 valence electrons. The molecule has 0 saturated heterocycles. The number of aliphatic hydroxyl groups excluding tert-OH is 1. The lowest BCUT2D eigenvalue weighted by atomic mass is 10.1. The van der Waals surface area contributed by atoms with Crippen molar-refractivity contribution in [3.63, 3.8) is 0 Å². The van der Waals surface area contributed by atoms with Crippen molar-refractivity contribution < 1.29 is 14.6 Å². The number of hydrogen-bond acceptors (Lipinski definition) is 4. The first-order valence-electron chi connectivity index (χ1n) is 8.49. The van der Waals surface area contributed by atoms with Gasteiger partial charge in [-0.05, 0) is 63.1 Å². The van der Waals surface area contributed by atoms with Gasteiger partial charge in [0, 0.05) is 22.1 Å². The van der Waals surface area contributed by atoms with Crippen LogP contribution >= 0.6 is 11.6 Å². The molecular formula is C21H21ClN2O3. The molecule has 27 heavy (non-hydrogen) atoms. The first-order chi connectivity index (χ1) is 12.7. The van der Waals surface area contributed by atoms with E-state index in [9.17, 15) is 9.90 Å². The van der Waals surface area contributed by atoms with Crippen LogP contribution in [-0.2, 0) is 9.53 Å². The summed E-state index contributed by atoms with van der Waals surface area (Å²) in [5.74, 6) is -0.764. The summed E-state index contributed by atoms with van der Waals surface area (Å²) < 4.78 is 6.81. The number of carbonyl (C=O) groups excluding carboxylic acids is 1. The molecule has 0 saturated carbocycles. The Labute approximate surface area is 163 Å². The van der Waals surface area contributed by atoms with E-state index in [1.54, 1.807) is 13.0 Å². The zero-order valence-electron chi connectivity index (χ0n) is 15.9. The first kappa shape index (κ1) is 19.0. The van der Waals surface area contributed by atoms with Crippen LogP contribution in [-0.4, -0.2) is 28.5 Å². The van der Waals surface area contributed by atoms with Gasteiger partial charge in [0.1, 0.15) is 11.3 Å². The molecule has 0 unspecified atom stereocenters. The highest BCUT2D eigenvalue weighted by molar-refractivity contribution is 6.31. The van der Waals surface area contributed by atoms with Crippen LogP contribution in [0.1, 0.15) is 29.4 Å². The second kappa shape index (κ2) is 7.08. The maximum atomic E-state index is 11.8. The maximum Gasteiger partial charge on any atom is 0.343 e. The number of aliphatic imine (C=N–C) groups is 1. The molecule has 5 nitrogen and oxygen atoms in total. The standard InChI is InChI=1S/C21H21ClN2O3/c1-11-6-7-16(10-17(11)22)24-12(2)8-15(14(24)4)9-18-20(25)19(13(3)23-18)21(26)27-5/h6-10,25H,1-5H3. The fourth-order valence-electron chi connectivity index (χ4n) is 3.24. The van der Waals surface area contributed by atoms with Gasteiger partial charge in [-0.25, -0.2) is 9.79 Å². The highest BCUT2D eigenvalue weighted by atomic mass is 35.5. The Bertz CT molecular complexity index is 1040. The lowest BCUT2D eigenvalue weighted by Crippen LogP contribution is -2.11. The second-order valence-corrected chi connectivity index (χ2v) is 6.94.